The highest BCUT2D eigenvalue weighted by Crippen LogP contribution is 2.41. The maximum atomic E-state index is 11.9. The van der Waals surface area contributed by atoms with Crippen molar-refractivity contribution in [3.05, 3.63) is 132 Å². The number of rotatable bonds is 11. The van der Waals surface area contributed by atoms with Crippen LogP contribution in [-0.4, -0.2) is 34.6 Å². The number of amides is 1. The monoisotopic (exact) mass is 638 g/mol. The van der Waals surface area contributed by atoms with Crippen molar-refractivity contribution in [1.29, 1.82) is 0 Å². The minimum Gasteiger partial charge on any atom is -0.445 e. The molecule has 1 amide bonds. The molecule has 0 radical (unpaired) electrons. The summed E-state index contributed by atoms with van der Waals surface area (Å²) in [6.07, 6.45) is 0.957. The molecule has 0 aliphatic carbocycles. The summed E-state index contributed by atoms with van der Waals surface area (Å²) >= 11 is 3.42. The van der Waals surface area contributed by atoms with E-state index in [1.165, 1.54) is 10.8 Å². The number of benzene rings is 4. The zero-order valence-electron chi connectivity index (χ0n) is 24.6. The smallest absolute Gasteiger partial charge is 0.407 e. The van der Waals surface area contributed by atoms with Crippen LogP contribution in [0.4, 0.5) is 4.79 Å². The fourth-order valence-corrected chi connectivity index (χ4v) is 7.30. The summed E-state index contributed by atoms with van der Waals surface area (Å²) in [6, 6.07) is 32.4. The third kappa shape index (κ3) is 8.00. The van der Waals surface area contributed by atoms with Gasteiger partial charge in [-0.25, -0.2) is 9.78 Å². The molecule has 1 aliphatic rings. The highest BCUT2D eigenvalue weighted by Gasteiger charge is 2.32. The van der Waals surface area contributed by atoms with Crippen molar-refractivity contribution in [2.45, 2.75) is 42.4 Å². The van der Waals surface area contributed by atoms with E-state index in [1.54, 1.807) is 23.1 Å². The van der Waals surface area contributed by atoms with E-state index in [2.05, 4.69) is 36.2 Å². The van der Waals surface area contributed by atoms with Gasteiger partial charge in [0.1, 0.15) is 6.61 Å². The molecule has 5 aromatic rings. The number of hydrogen-bond donors (Lipinski definition) is 2. The normalized spacial score (nSPS) is 18.0. The first-order chi connectivity index (χ1) is 22.1. The summed E-state index contributed by atoms with van der Waals surface area (Å²) in [6.45, 7) is 4.08. The van der Waals surface area contributed by atoms with Crippen molar-refractivity contribution in [3.63, 3.8) is 0 Å². The summed E-state index contributed by atoms with van der Waals surface area (Å²) in [7, 11) is 0. The van der Waals surface area contributed by atoms with Crippen LogP contribution in [0.3, 0.4) is 0 Å². The number of hydrogen-bond acceptors (Lipinski definition) is 8. The van der Waals surface area contributed by atoms with Gasteiger partial charge in [-0.2, -0.15) is 0 Å². The van der Waals surface area contributed by atoms with Crippen LogP contribution >= 0.6 is 23.1 Å². The van der Waals surface area contributed by atoms with Crippen LogP contribution in [0.1, 0.15) is 41.1 Å². The molecule has 1 saturated heterocycles. The molecule has 2 heterocycles. The number of aliphatic hydroxyl groups excluding tert-OH is 1. The van der Waals surface area contributed by atoms with E-state index >= 15 is 0 Å². The maximum absolute atomic E-state index is 11.9. The Morgan fingerprint density at radius 1 is 0.978 bits per heavy atom. The predicted octanol–water partition coefficient (Wildman–Crippen LogP) is 8.21. The van der Waals surface area contributed by atoms with Crippen LogP contribution in [0.2, 0.25) is 0 Å². The third-order valence-corrected chi connectivity index (χ3v) is 9.78. The number of aliphatic hydroxyl groups is 1. The van der Waals surface area contributed by atoms with Crippen LogP contribution in [-0.2, 0) is 27.4 Å². The Morgan fingerprint density at radius 3 is 2.58 bits per heavy atom. The van der Waals surface area contributed by atoms with Gasteiger partial charge in [0, 0.05) is 24.3 Å². The molecule has 230 valence electrons. The van der Waals surface area contributed by atoms with Gasteiger partial charge in [-0.3, -0.25) is 0 Å². The summed E-state index contributed by atoms with van der Waals surface area (Å²) < 4.78 is 20.4. The molecule has 2 N–H and O–H groups in total. The van der Waals surface area contributed by atoms with Gasteiger partial charge in [0.2, 0.25) is 0 Å². The molecule has 45 heavy (non-hydrogen) atoms. The Balaban J connectivity index is 1.20. The van der Waals surface area contributed by atoms with E-state index in [4.69, 9.17) is 19.2 Å². The Hall–Kier alpha value is -3.99. The molecule has 7 nitrogen and oxygen atoms in total. The van der Waals surface area contributed by atoms with Crippen LogP contribution in [0.5, 0.6) is 0 Å². The van der Waals surface area contributed by atoms with Crippen LogP contribution in [0, 0.1) is 0 Å². The number of para-hydroxylation sites is 1. The lowest BCUT2D eigenvalue weighted by Gasteiger charge is -2.36. The third-order valence-electron chi connectivity index (χ3n) is 7.47. The molecule has 0 spiro atoms. The number of nitrogens with zero attached hydrogens (tertiary/aromatic N) is 1. The van der Waals surface area contributed by atoms with E-state index in [1.807, 2.05) is 72.8 Å². The summed E-state index contributed by atoms with van der Waals surface area (Å²) in [5, 5.41) is 12.3. The number of nitrogens with one attached hydrogen (secondary N) is 1. The first kappa shape index (κ1) is 31.0. The lowest BCUT2D eigenvalue weighted by Crippen LogP contribution is -2.31. The Kier molecular flexibility index (Phi) is 10.2. The number of ether oxygens (including phenoxy) is 3. The van der Waals surface area contributed by atoms with Gasteiger partial charge in [0.05, 0.1) is 29.0 Å². The molecule has 1 fully saturated rings. The lowest BCUT2D eigenvalue weighted by atomic mass is 9.99. The van der Waals surface area contributed by atoms with Crippen molar-refractivity contribution in [3.8, 4) is 11.1 Å². The van der Waals surface area contributed by atoms with E-state index in [0.29, 0.717) is 13.0 Å². The topological polar surface area (TPSA) is 89.9 Å². The first-order valence-electron chi connectivity index (χ1n) is 14.8. The summed E-state index contributed by atoms with van der Waals surface area (Å²) in [5.74, 6) is 0.745. The molecule has 0 bridgehead atoms. The molecule has 0 saturated carbocycles. The Bertz CT molecular complexity index is 1720. The standard InChI is InChI=1S/C36H34N2O5S2/c1-2-17-41-35(40)37-21-25-7-5-8-27(18-25)28-9-6-10-29(19-28)34-42-30(20-32(43-34)26-15-13-24(22-39)14-16-26)23-44-36-38-31-11-3-4-12-33(31)45-36/h2-16,18-19,30,32,34,39H,1,17,20-23H2,(H,37,40). The van der Waals surface area contributed by atoms with Gasteiger partial charge >= 0.3 is 6.09 Å². The van der Waals surface area contributed by atoms with Crippen molar-refractivity contribution >= 4 is 39.4 Å². The fourth-order valence-electron chi connectivity index (χ4n) is 5.19. The van der Waals surface area contributed by atoms with E-state index < -0.39 is 12.4 Å². The second-order valence-corrected chi connectivity index (χ2v) is 13.0. The molecule has 1 aromatic heterocycles. The van der Waals surface area contributed by atoms with Crippen molar-refractivity contribution in [2.24, 2.45) is 0 Å². The second kappa shape index (κ2) is 14.9. The van der Waals surface area contributed by atoms with E-state index in [0.717, 1.165) is 49.0 Å². The quantitative estimate of drug-likeness (QED) is 0.111. The van der Waals surface area contributed by atoms with Crippen LogP contribution in [0.25, 0.3) is 21.3 Å². The number of thioether (sulfide) groups is 1. The highest BCUT2D eigenvalue weighted by molar-refractivity contribution is 8.01. The number of thiazole rings is 1. The average molecular weight is 639 g/mol. The fraction of sp³-hybridized carbons (Fsp3) is 0.222. The Labute approximate surface area is 270 Å². The number of carbonyl (C=O) groups excluding carboxylic acids is 1. The molecule has 3 atom stereocenters. The molecule has 1 aliphatic heterocycles. The molecule has 6 rings (SSSR count). The number of carbonyl (C=O) groups is 1. The number of aromatic nitrogens is 1. The van der Waals surface area contributed by atoms with Crippen molar-refractivity contribution in [1.82, 2.24) is 10.3 Å². The van der Waals surface area contributed by atoms with Gasteiger partial charge in [0.15, 0.2) is 10.6 Å². The zero-order valence-corrected chi connectivity index (χ0v) is 26.3. The van der Waals surface area contributed by atoms with Gasteiger partial charge < -0.3 is 24.6 Å². The summed E-state index contributed by atoms with van der Waals surface area (Å²) in [5.41, 5.74) is 6.85. The van der Waals surface area contributed by atoms with Gasteiger partial charge in [0.25, 0.3) is 0 Å². The maximum Gasteiger partial charge on any atom is 0.407 e. The highest BCUT2D eigenvalue weighted by atomic mass is 32.2. The minimum absolute atomic E-state index is 0.00240. The molecule has 4 aromatic carbocycles. The van der Waals surface area contributed by atoms with Gasteiger partial charge in [-0.1, -0.05) is 97.2 Å². The zero-order chi connectivity index (χ0) is 31.0. The molecule has 9 heteroatoms. The minimum atomic E-state index is -0.563. The first-order valence-corrected chi connectivity index (χ1v) is 16.6. The Morgan fingerprint density at radius 2 is 1.78 bits per heavy atom. The molecular formula is C36H34N2O5S2. The van der Waals surface area contributed by atoms with Crippen LogP contribution < -0.4 is 5.32 Å². The molecule has 3 unspecified atom stereocenters. The van der Waals surface area contributed by atoms with Crippen molar-refractivity contribution in [2.75, 3.05) is 12.4 Å². The molecular weight excluding hydrogens is 605 g/mol. The second-order valence-electron chi connectivity index (χ2n) is 10.7. The SMILES string of the molecule is C=CCOC(=O)NCc1cccc(-c2cccc(C3OC(CSc4nc5ccccc5s4)CC(c4ccc(CO)cc4)O3)c2)c1. The number of alkyl carbamates (subject to hydrolysis) is 1. The van der Waals surface area contributed by atoms with Crippen molar-refractivity contribution < 1.29 is 24.1 Å². The van der Waals surface area contributed by atoms with E-state index in [-0.39, 0.29) is 25.4 Å². The largest absolute Gasteiger partial charge is 0.445 e. The number of fused-ring (bicyclic) bond motifs is 1. The summed E-state index contributed by atoms with van der Waals surface area (Å²) in [4.78, 5) is 16.7. The van der Waals surface area contributed by atoms with Crippen LogP contribution in [0.15, 0.2) is 114 Å². The average Bonchev–Trinajstić information content (AvgIpc) is 3.52. The van der Waals surface area contributed by atoms with Gasteiger partial charge in [-0.05, 0) is 52.1 Å². The van der Waals surface area contributed by atoms with E-state index in [9.17, 15) is 9.90 Å². The van der Waals surface area contributed by atoms with Gasteiger partial charge in [-0.15, -0.1) is 11.3 Å². The lowest BCUT2D eigenvalue weighted by molar-refractivity contribution is -0.245. The predicted molar refractivity (Wildman–Crippen MR) is 179 cm³/mol.